The first-order valence-electron chi connectivity index (χ1n) is 5.95. The largest absolute Gasteiger partial charge is 0.480 e. The second kappa shape index (κ2) is 5.48. The van der Waals surface area contributed by atoms with E-state index in [0.29, 0.717) is 11.4 Å². The summed E-state index contributed by atoms with van der Waals surface area (Å²) in [6, 6.07) is 2.69. The fourth-order valence-corrected chi connectivity index (χ4v) is 3.61. The molecule has 2 heterocycles. The van der Waals surface area contributed by atoms with Crippen molar-refractivity contribution >= 4 is 23.6 Å². The lowest BCUT2D eigenvalue weighted by Gasteiger charge is -2.26. The second-order valence-electron chi connectivity index (χ2n) is 4.23. The monoisotopic (exact) mass is 268 g/mol. The van der Waals surface area contributed by atoms with E-state index in [1.807, 2.05) is 6.92 Å². The van der Waals surface area contributed by atoms with Crippen LogP contribution in [-0.4, -0.2) is 44.0 Å². The average molecular weight is 268 g/mol. The van der Waals surface area contributed by atoms with Crippen LogP contribution in [0.2, 0.25) is 0 Å². The minimum absolute atomic E-state index is 0.0353. The summed E-state index contributed by atoms with van der Waals surface area (Å²) in [4.78, 5) is 27.9. The molecule has 18 heavy (non-hydrogen) atoms. The first-order valence-corrected chi connectivity index (χ1v) is 7.00. The lowest BCUT2D eigenvalue weighted by Crippen LogP contribution is -2.45. The summed E-state index contributed by atoms with van der Waals surface area (Å²) >= 11 is 1.55. The molecule has 0 bridgehead atoms. The van der Waals surface area contributed by atoms with Crippen LogP contribution in [0.15, 0.2) is 18.3 Å². The number of carboxylic acid groups (broad SMARTS) is 1. The maximum atomic E-state index is 12.3. The highest BCUT2D eigenvalue weighted by Crippen LogP contribution is 2.33. The zero-order chi connectivity index (χ0) is 13.1. The Morgan fingerprint density at radius 1 is 1.61 bits per heavy atom. The molecule has 2 N–H and O–H groups in total. The molecule has 6 heteroatoms. The highest BCUT2D eigenvalue weighted by molar-refractivity contribution is 8.00. The van der Waals surface area contributed by atoms with Gasteiger partial charge in [-0.1, -0.05) is 13.3 Å². The van der Waals surface area contributed by atoms with Gasteiger partial charge in [-0.2, -0.15) is 0 Å². The van der Waals surface area contributed by atoms with Crippen LogP contribution in [-0.2, 0) is 4.79 Å². The van der Waals surface area contributed by atoms with E-state index in [1.54, 1.807) is 30.1 Å². The molecule has 5 nitrogen and oxygen atoms in total. The van der Waals surface area contributed by atoms with Crippen LogP contribution < -0.4 is 0 Å². The number of hydrogen-bond donors (Lipinski definition) is 2. The molecule has 0 aliphatic carbocycles. The Morgan fingerprint density at radius 3 is 2.94 bits per heavy atom. The third kappa shape index (κ3) is 2.38. The Balaban J connectivity index is 2.23. The molecule has 2 atom stereocenters. The molecular formula is C12H16N2O3S. The summed E-state index contributed by atoms with van der Waals surface area (Å²) in [5.74, 6) is -0.691. The Kier molecular flexibility index (Phi) is 3.96. The summed E-state index contributed by atoms with van der Waals surface area (Å²) in [5, 5.41) is 9.16. The molecule has 2 rings (SSSR count). The van der Waals surface area contributed by atoms with E-state index in [-0.39, 0.29) is 11.3 Å². The summed E-state index contributed by atoms with van der Waals surface area (Å²) in [7, 11) is 0. The third-order valence-corrected chi connectivity index (χ3v) is 4.33. The summed E-state index contributed by atoms with van der Waals surface area (Å²) in [6.45, 7) is 2.03. The van der Waals surface area contributed by atoms with Gasteiger partial charge in [0, 0.05) is 11.9 Å². The van der Waals surface area contributed by atoms with Gasteiger partial charge in [0.05, 0.1) is 5.37 Å². The van der Waals surface area contributed by atoms with Crippen LogP contribution in [0.5, 0.6) is 0 Å². The van der Waals surface area contributed by atoms with Crippen LogP contribution in [0.4, 0.5) is 0 Å². The molecule has 1 aromatic rings. The number of hydrogen-bond acceptors (Lipinski definition) is 3. The molecule has 1 aromatic heterocycles. The van der Waals surface area contributed by atoms with Crippen LogP contribution in [0, 0.1) is 0 Å². The first-order chi connectivity index (χ1) is 8.65. The number of carbonyl (C=O) groups is 2. The van der Waals surface area contributed by atoms with Gasteiger partial charge in [0.2, 0.25) is 0 Å². The predicted octanol–water partition coefficient (Wildman–Crippen LogP) is 1.78. The fourth-order valence-electron chi connectivity index (χ4n) is 2.10. The van der Waals surface area contributed by atoms with Gasteiger partial charge in [-0.25, -0.2) is 4.79 Å². The Hall–Kier alpha value is -1.43. The standard InChI is InChI=1S/C12H16N2O3S/c1-2-4-10-14(9(7-18-10)12(16)17)11(15)8-5-3-6-13-8/h3,5-6,9-10,13H,2,4,7H2,1H3,(H,16,17). The molecular weight excluding hydrogens is 252 g/mol. The fraction of sp³-hybridized carbons (Fsp3) is 0.500. The highest BCUT2D eigenvalue weighted by atomic mass is 32.2. The van der Waals surface area contributed by atoms with Crippen LogP contribution >= 0.6 is 11.8 Å². The van der Waals surface area contributed by atoms with Gasteiger partial charge in [0.1, 0.15) is 11.7 Å². The van der Waals surface area contributed by atoms with E-state index < -0.39 is 12.0 Å². The first kappa shape index (κ1) is 13.0. The number of rotatable bonds is 4. The number of nitrogens with one attached hydrogen (secondary N) is 1. The number of aromatic nitrogens is 1. The van der Waals surface area contributed by atoms with Crippen molar-refractivity contribution in [2.45, 2.75) is 31.2 Å². The third-order valence-electron chi connectivity index (χ3n) is 2.98. The van der Waals surface area contributed by atoms with Gasteiger partial charge < -0.3 is 15.0 Å². The topological polar surface area (TPSA) is 73.4 Å². The minimum Gasteiger partial charge on any atom is -0.480 e. The minimum atomic E-state index is -0.930. The zero-order valence-corrected chi connectivity index (χ0v) is 10.9. The van der Waals surface area contributed by atoms with Crippen molar-refractivity contribution in [3.8, 4) is 0 Å². The van der Waals surface area contributed by atoms with Crippen molar-refractivity contribution in [3.63, 3.8) is 0 Å². The number of carbonyl (C=O) groups excluding carboxylic acids is 1. The average Bonchev–Trinajstić information content (AvgIpc) is 2.97. The van der Waals surface area contributed by atoms with Crippen molar-refractivity contribution in [3.05, 3.63) is 24.0 Å². The molecule has 0 spiro atoms. The lowest BCUT2D eigenvalue weighted by atomic mass is 10.2. The van der Waals surface area contributed by atoms with E-state index in [1.165, 1.54) is 4.90 Å². The van der Waals surface area contributed by atoms with Gasteiger partial charge in [-0.3, -0.25) is 4.79 Å². The van der Waals surface area contributed by atoms with Crippen molar-refractivity contribution < 1.29 is 14.7 Å². The number of thioether (sulfide) groups is 1. The Morgan fingerprint density at radius 2 is 2.39 bits per heavy atom. The molecule has 1 saturated heterocycles. The number of H-pyrrole nitrogens is 1. The van der Waals surface area contributed by atoms with Crippen LogP contribution in [0.3, 0.4) is 0 Å². The molecule has 1 amide bonds. The summed E-state index contributed by atoms with van der Waals surface area (Å²) < 4.78 is 0. The van der Waals surface area contributed by atoms with E-state index in [9.17, 15) is 14.7 Å². The smallest absolute Gasteiger partial charge is 0.327 e. The molecule has 98 valence electrons. The van der Waals surface area contributed by atoms with Gasteiger partial charge in [-0.15, -0.1) is 11.8 Å². The normalized spacial score (nSPS) is 23.3. The Bertz CT molecular complexity index is 433. The van der Waals surface area contributed by atoms with Crippen molar-refractivity contribution in [1.82, 2.24) is 9.88 Å². The highest BCUT2D eigenvalue weighted by Gasteiger charge is 2.41. The van der Waals surface area contributed by atoms with Crippen molar-refractivity contribution in [2.75, 3.05) is 5.75 Å². The number of aliphatic carboxylic acids is 1. The van der Waals surface area contributed by atoms with Crippen molar-refractivity contribution in [1.29, 1.82) is 0 Å². The van der Waals surface area contributed by atoms with Crippen LogP contribution in [0.1, 0.15) is 30.3 Å². The molecule has 0 radical (unpaired) electrons. The van der Waals surface area contributed by atoms with Gasteiger partial charge >= 0.3 is 5.97 Å². The van der Waals surface area contributed by atoms with E-state index >= 15 is 0 Å². The number of carboxylic acids is 1. The summed E-state index contributed by atoms with van der Waals surface area (Å²) in [6.07, 6.45) is 3.42. The summed E-state index contributed by atoms with van der Waals surface area (Å²) in [5.41, 5.74) is 0.449. The quantitative estimate of drug-likeness (QED) is 0.873. The Labute approximate surface area is 110 Å². The maximum Gasteiger partial charge on any atom is 0.327 e. The van der Waals surface area contributed by atoms with E-state index in [0.717, 1.165) is 12.8 Å². The van der Waals surface area contributed by atoms with Crippen LogP contribution in [0.25, 0.3) is 0 Å². The zero-order valence-electron chi connectivity index (χ0n) is 10.1. The van der Waals surface area contributed by atoms with E-state index in [2.05, 4.69) is 4.98 Å². The molecule has 0 saturated carbocycles. The number of amides is 1. The lowest BCUT2D eigenvalue weighted by molar-refractivity contribution is -0.141. The molecule has 0 aromatic carbocycles. The van der Waals surface area contributed by atoms with E-state index in [4.69, 9.17) is 0 Å². The second-order valence-corrected chi connectivity index (χ2v) is 5.44. The molecule has 2 unspecified atom stereocenters. The molecule has 1 aliphatic heterocycles. The predicted molar refractivity (Wildman–Crippen MR) is 69.5 cm³/mol. The molecule has 1 fully saturated rings. The SMILES string of the molecule is CCCC1SCC(C(=O)O)N1C(=O)c1ccc[nH]1. The number of nitrogens with zero attached hydrogens (tertiary/aromatic N) is 1. The molecule has 1 aliphatic rings. The van der Waals surface area contributed by atoms with Gasteiger partial charge in [0.25, 0.3) is 5.91 Å². The number of aromatic amines is 1. The van der Waals surface area contributed by atoms with Crippen molar-refractivity contribution in [2.24, 2.45) is 0 Å². The maximum absolute atomic E-state index is 12.3. The van der Waals surface area contributed by atoms with Gasteiger partial charge in [0.15, 0.2) is 0 Å². The van der Waals surface area contributed by atoms with Gasteiger partial charge in [-0.05, 0) is 18.6 Å².